The van der Waals surface area contributed by atoms with Gasteiger partial charge in [-0.3, -0.25) is 4.79 Å². The quantitative estimate of drug-likeness (QED) is 0.803. The molecule has 21 heavy (non-hydrogen) atoms. The SMILES string of the molecule is COc1cccc(NC(=O)c2cn3c(C)cccc3n2)c1. The van der Waals surface area contributed by atoms with Gasteiger partial charge in [-0.2, -0.15) is 0 Å². The summed E-state index contributed by atoms with van der Waals surface area (Å²) >= 11 is 0. The number of benzene rings is 1. The Labute approximate surface area is 122 Å². The Bertz CT molecular complexity index is 808. The lowest BCUT2D eigenvalue weighted by Crippen LogP contribution is -2.12. The molecule has 0 saturated heterocycles. The average molecular weight is 281 g/mol. The number of rotatable bonds is 3. The highest BCUT2D eigenvalue weighted by molar-refractivity contribution is 6.03. The molecule has 0 fully saturated rings. The Balaban J connectivity index is 1.88. The summed E-state index contributed by atoms with van der Waals surface area (Å²) in [7, 11) is 1.59. The van der Waals surface area contributed by atoms with E-state index in [2.05, 4.69) is 10.3 Å². The van der Waals surface area contributed by atoms with E-state index in [1.807, 2.05) is 47.7 Å². The molecule has 106 valence electrons. The van der Waals surface area contributed by atoms with Crippen LogP contribution in [0.4, 0.5) is 5.69 Å². The third kappa shape index (κ3) is 2.58. The van der Waals surface area contributed by atoms with Gasteiger partial charge in [-0.1, -0.05) is 12.1 Å². The first kappa shape index (κ1) is 13.2. The van der Waals surface area contributed by atoms with Crippen LogP contribution in [0.2, 0.25) is 0 Å². The van der Waals surface area contributed by atoms with E-state index in [0.717, 1.165) is 11.3 Å². The molecule has 0 aliphatic carbocycles. The van der Waals surface area contributed by atoms with Crippen molar-refractivity contribution in [3.8, 4) is 5.75 Å². The van der Waals surface area contributed by atoms with E-state index in [0.29, 0.717) is 17.1 Å². The zero-order chi connectivity index (χ0) is 14.8. The third-order valence-corrected chi connectivity index (χ3v) is 3.26. The van der Waals surface area contributed by atoms with Crippen molar-refractivity contribution >= 4 is 17.2 Å². The summed E-state index contributed by atoms with van der Waals surface area (Å²) in [6.07, 6.45) is 1.74. The number of carbonyl (C=O) groups is 1. The van der Waals surface area contributed by atoms with Gasteiger partial charge in [-0.25, -0.2) is 4.98 Å². The average Bonchev–Trinajstić information content (AvgIpc) is 2.93. The number of nitrogens with one attached hydrogen (secondary N) is 1. The van der Waals surface area contributed by atoms with Gasteiger partial charge >= 0.3 is 0 Å². The van der Waals surface area contributed by atoms with Gasteiger partial charge in [-0.05, 0) is 31.2 Å². The molecule has 3 aromatic rings. The smallest absolute Gasteiger partial charge is 0.275 e. The molecule has 1 aromatic carbocycles. The van der Waals surface area contributed by atoms with Crippen molar-refractivity contribution in [2.75, 3.05) is 12.4 Å². The maximum absolute atomic E-state index is 12.3. The first-order chi connectivity index (χ1) is 10.2. The van der Waals surface area contributed by atoms with E-state index in [4.69, 9.17) is 4.74 Å². The largest absolute Gasteiger partial charge is 0.497 e. The number of amides is 1. The minimum Gasteiger partial charge on any atom is -0.497 e. The number of imidazole rings is 1. The highest BCUT2D eigenvalue weighted by atomic mass is 16.5. The van der Waals surface area contributed by atoms with Crippen molar-refractivity contribution < 1.29 is 9.53 Å². The van der Waals surface area contributed by atoms with Crippen LogP contribution in [-0.4, -0.2) is 22.4 Å². The third-order valence-electron chi connectivity index (χ3n) is 3.26. The molecule has 0 aliphatic rings. The lowest BCUT2D eigenvalue weighted by Gasteiger charge is -2.05. The second-order valence-corrected chi connectivity index (χ2v) is 4.71. The highest BCUT2D eigenvalue weighted by Gasteiger charge is 2.12. The minimum atomic E-state index is -0.244. The van der Waals surface area contributed by atoms with Crippen LogP contribution in [0.3, 0.4) is 0 Å². The number of ether oxygens (including phenoxy) is 1. The molecule has 0 unspecified atom stereocenters. The maximum Gasteiger partial charge on any atom is 0.275 e. The number of anilines is 1. The molecule has 2 aromatic heterocycles. The number of aromatic nitrogens is 2. The Morgan fingerprint density at radius 3 is 2.81 bits per heavy atom. The molecule has 0 aliphatic heterocycles. The van der Waals surface area contributed by atoms with E-state index in [-0.39, 0.29) is 5.91 Å². The fraction of sp³-hybridized carbons (Fsp3) is 0.125. The van der Waals surface area contributed by atoms with Crippen LogP contribution in [0.15, 0.2) is 48.7 Å². The molecular formula is C16H15N3O2. The van der Waals surface area contributed by atoms with Gasteiger partial charge in [0, 0.05) is 23.6 Å². The van der Waals surface area contributed by atoms with Crippen LogP contribution in [0.5, 0.6) is 5.75 Å². The minimum absolute atomic E-state index is 0.244. The van der Waals surface area contributed by atoms with Crippen molar-refractivity contribution in [1.82, 2.24) is 9.38 Å². The fourth-order valence-corrected chi connectivity index (χ4v) is 2.15. The molecule has 1 amide bonds. The van der Waals surface area contributed by atoms with Gasteiger partial charge < -0.3 is 14.5 Å². The zero-order valence-electron chi connectivity index (χ0n) is 11.8. The van der Waals surface area contributed by atoms with Gasteiger partial charge in [0.05, 0.1) is 7.11 Å². The normalized spacial score (nSPS) is 10.6. The summed E-state index contributed by atoms with van der Waals surface area (Å²) in [5.41, 5.74) is 2.84. The van der Waals surface area contributed by atoms with Crippen LogP contribution < -0.4 is 10.1 Å². The van der Waals surface area contributed by atoms with E-state index >= 15 is 0 Å². The molecule has 2 heterocycles. The first-order valence-corrected chi connectivity index (χ1v) is 6.57. The summed E-state index contributed by atoms with van der Waals surface area (Å²) in [6, 6.07) is 13.0. The molecule has 3 rings (SSSR count). The lowest BCUT2D eigenvalue weighted by atomic mass is 10.3. The molecule has 5 heteroatoms. The van der Waals surface area contributed by atoms with Crippen molar-refractivity contribution in [1.29, 1.82) is 0 Å². The highest BCUT2D eigenvalue weighted by Crippen LogP contribution is 2.17. The van der Waals surface area contributed by atoms with Crippen molar-refractivity contribution in [2.45, 2.75) is 6.92 Å². The Morgan fingerprint density at radius 1 is 1.24 bits per heavy atom. The standard InChI is InChI=1S/C16H15N3O2/c1-11-5-3-8-15-18-14(10-19(11)15)16(20)17-12-6-4-7-13(9-12)21-2/h3-10H,1-2H3,(H,17,20). The summed E-state index contributed by atoms with van der Waals surface area (Å²) in [6.45, 7) is 1.97. The number of carbonyl (C=O) groups excluding carboxylic acids is 1. The van der Waals surface area contributed by atoms with E-state index in [9.17, 15) is 4.79 Å². The predicted octanol–water partition coefficient (Wildman–Crippen LogP) is 2.90. The molecular weight excluding hydrogens is 266 g/mol. The number of methoxy groups -OCH3 is 1. The van der Waals surface area contributed by atoms with Gasteiger partial charge in [0.2, 0.25) is 0 Å². The number of hydrogen-bond acceptors (Lipinski definition) is 3. The molecule has 1 N–H and O–H groups in total. The molecule has 5 nitrogen and oxygen atoms in total. The van der Waals surface area contributed by atoms with Crippen LogP contribution in [-0.2, 0) is 0 Å². The number of hydrogen-bond donors (Lipinski definition) is 1. The van der Waals surface area contributed by atoms with Crippen molar-refractivity contribution in [3.63, 3.8) is 0 Å². The van der Waals surface area contributed by atoms with Crippen molar-refractivity contribution in [3.05, 3.63) is 60.0 Å². The first-order valence-electron chi connectivity index (χ1n) is 6.57. The molecule has 0 radical (unpaired) electrons. The summed E-state index contributed by atoms with van der Waals surface area (Å²) in [5.74, 6) is 0.449. The lowest BCUT2D eigenvalue weighted by molar-refractivity contribution is 0.102. The molecule has 0 atom stereocenters. The Kier molecular flexibility index (Phi) is 3.31. The molecule has 0 saturated carbocycles. The second-order valence-electron chi connectivity index (χ2n) is 4.71. The van der Waals surface area contributed by atoms with Gasteiger partial charge in [0.25, 0.3) is 5.91 Å². The molecule has 0 bridgehead atoms. The van der Waals surface area contributed by atoms with E-state index < -0.39 is 0 Å². The maximum atomic E-state index is 12.3. The number of aryl methyl sites for hydroxylation is 1. The number of nitrogens with zero attached hydrogens (tertiary/aromatic N) is 2. The topological polar surface area (TPSA) is 55.6 Å². The zero-order valence-corrected chi connectivity index (χ0v) is 11.8. The van der Waals surface area contributed by atoms with Crippen molar-refractivity contribution in [2.24, 2.45) is 0 Å². The number of fused-ring (bicyclic) bond motifs is 1. The summed E-state index contributed by atoms with van der Waals surface area (Å²) in [5, 5.41) is 2.82. The van der Waals surface area contributed by atoms with Crippen LogP contribution in [0.25, 0.3) is 5.65 Å². The van der Waals surface area contributed by atoms with E-state index in [1.54, 1.807) is 19.4 Å². The van der Waals surface area contributed by atoms with Gasteiger partial charge in [0.15, 0.2) is 0 Å². The fourth-order valence-electron chi connectivity index (χ4n) is 2.15. The number of pyridine rings is 1. The van der Waals surface area contributed by atoms with Crippen LogP contribution in [0, 0.1) is 6.92 Å². The van der Waals surface area contributed by atoms with Gasteiger partial charge in [0.1, 0.15) is 17.1 Å². The Morgan fingerprint density at radius 2 is 2.05 bits per heavy atom. The molecule has 0 spiro atoms. The van der Waals surface area contributed by atoms with E-state index in [1.165, 1.54) is 0 Å². The predicted molar refractivity (Wildman–Crippen MR) is 80.9 cm³/mol. The summed E-state index contributed by atoms with van der Waals surface area (Å²) < 4.78 is 7.02. The Hall–Kier alpha value is -2.82. The van der Waals surface area contributed by atoms with Crippen LogP contribution >= 0.6 is 0 Å². The van der Waals surface area contributed by atoms with Gasteiger partial charge in [-0.15, -0.1) is 0 Å². The monoisotopic (exact) mass is 281 g/mol. The second kappa shape index (κ2) is 5.28. The summed E-state index contributed by atoms with van der Waals surface area (Å²) in [4.78, 5) is 16.6. The van der Waals surface area contributed by atoms with Crippen LogP contribution in [0.1, 0.15) is 16.2 Å².